The lowest BCUT2D eigenvalue weighted by Gasteiger charge is -2.29. The molecule has 1 aliphatic rings. The number of benzene rings is 2. The average molecular weight is 476 g/mol. The molecule has 4 rings (SSSR count). The molecule has 1 aliphatic carbocycles. The van der Waals surface area contributed by atoms with Crippen molar-refractivity contribution in [3.05, 3.63) is 54.1 Å². The van der Waals surface area contributed by atoms with Crippen molar-refractivity contribution in [2.45, 2.75) is 64.5 Å². The van der Waals surface area contributed by atoms with Crippen LogP contribution in [0.25, 0.3) is 10.9 Å². The normalized spacial score (nSPS) is 17.9. The Morgan fingerprint density at radius 2 is 1.71 bits per heavy atom. The molecule has 1 saturated carbocycles. The number of rotatable bonds is 12. The Bertz CT molecular complexity index is 1040. The molecule has 0 bridgehead atoms. The second kappa shape index (κ2) is 12.7. The first-order valence-electron chi connectivity index (χ1n) is 13.3. The zero-order valence-electron chi connectivity index (χ0n) is 21.6. The lowest BCUT2D eigenvalue weighted by atomic mass is 9.86. The van der Waals surface area contributed by atoms with Crippen molar-refractivity contribution in [2.75, 3.05) is 37.5 Å². The number of nitrogens with zero attached hydrogens (tertiary/aromatic N) is 3. The third-order valence-electron chi connectivity index (χ3n) is 6.89. The van der Waals surface area contributed by atoms with E-state index in [4.69, 9.17) is 14.7 Å². The summed E-state index contributed by atoms with van der Waals surface area (Å²) in [6.07, 6.45) is 8.35. The molecule has 188 valence electrons. The summed E-state index contributed by atoms with van der Waals surface area (Å²) in [5, 5.41) is 8.37. The van der Waals surface area contributed by atoms with Crippen molar-refractivity contribution in [3.8, 4) is 5.75 Å². The van der Waals surface area contributed by atoms with Gasteiger partial charge in [-0.3, -0.25) is 0 Å². The molecule has 3 aromatic rings. The van der Waals surface area contributed by atoms with Gasteiger partial charge in [0.1, 0.15) is 11.6 Å². The van der Waals surface area contributed by atoms with Gasteiger partial charge in [0.25, 0.3) is 0 Å². The van der Waals surface area contributed by atoms with Gasteiger partial charge in [0.15, 0.2) is 0 Å². The van der Waals surface area contributed by atoms with Crippen LogP contribution in [-0.4, -0.2) is 43.3 Å². The van der Waals surface area contributed by atoms with Crippen molar-refractivity contribution in [1.82, 2.24) is 15.3 Å². The highest BCUT2D eigenvalue weighted by Crippen LogP contribution is 2.28. The number of fused-ring (bicyclic) bond motifs is 1. The van der Waals surface area contributed by atoms with Crippen molar-refractivity contribution in [2.24, 2.45) is 5.92 Å². The predicted octanol–water partition coefficient (Wildman–Crippen LogP) is 6.03. The standard InChI is InChI=1S/C29H41N5O/c1-4-5-8-19-35-25-17-13-23(14-18-25)21-30-20-22-11-15-24(16-12-22)31-29-32-27-10-7-6-9-26(27)28(33-29)34(2)3/h6-7,9-10,13-14,17-18,22,24,30H,4-5,8,11-12,15-16,19-21H2,1-3H3,(H,31,32,33)/t22-,24+. The third kappa shape index (κ3) is 7.31. The number of hydrogen-bond acceptors (Lipinski definition) is 6. The first-order chi connectivity index (χ1) is 17.1. The maximum atomic E-state index is 5.82. The topological polar surface area (TPSA) is 62.3 Å². The van der Waals surface area contributed by atoms with Crippen LogP contribution < -0.4 is 20.3 Å². The van der Waals surface area contributed by atoms with Gasteiger partial charge in [-0.25, -0.2) is 4.98 Å². The molecule has 0 radical (unpaired) electrons. The molecular formula is C29H41N5O. The monoisotopic (exact) mass is 475 g/mol. The fourth-order valence-electron chi connectivity index (χ4n) is 4.83. The van der Waals surface area contributed by atoms with Gasteiger partial charge < -0.3 is 20.3 Å². The van der Waals surface area contributed by atoms with Crippen molar-refractivity contribution in [3.63, 3.8) is 0 Å². The summed E-state index contributed by atoms with van der Waals surface area (Å²) in [5.41, 5.74) is 2.30. The molecular weight excluding hydrogens is 434 g/mol. The first kappa shape index (κ1) is 25.2. The van der Waals surface area contributed by atoms with Crippen LogP contribution in [0.3, 0.4) is 0 Å². The van der Waals surface area contributed by atoms with Gasteiger partial charge in [0, 0.05) is 32.1 Å². The zero-order valence-corrected chi connectivity index (χ0v) is 21.6. The Kier molecular flexibility index (Phi) is 9.18. The molecule has 2 aromatic carbocycles. The van der Waals surface area contributed by atoms with Crippen LogP contribution in [0.15, 0.2) is 48.5 Å². The first-order valence-corrected chi connectivity index (χ1v) is 13.3. The predicted molar refractivity (Wildman–Crippen MR) is 146 cm³/mol. The second-order valence-electron chi connectivity index (χ2n) is 9.97. The van der Waals surface area contributed by atoms with E-state index in [1.807, 2.05) is 26.2 Å². The van der Waals surface area contributed by atoms with E-state index in [0.29, 0.717) is 6.04 Å². The molecule has 1 fully saturated rings. The van der Waals surface area contributed by atoms with Crippen LogP contribution in [0.1, 0.15) is 57.4 Å². The molecule has 0 atom stereocenters. The summed E-state index contributed by atoms with van der Waals surface area (Å²) in [6, 6.07) is 17.2. The number of nitrogens with one attached hydrogen (secondary N) is 2. The minimum absolute atomic E-state index is 0.437. The molecule has 0 amide bonds. The summed E-state index contributed by atoms with van der Waals surface area (Å²) in [6.45, 7) is 5.00. The molecule has 0 aliphatic heterocycles. The Morgan fingerprint density at radius 3 is 2.46 bits per heavy atom. The molecule has 6 heteroatoms. The van der Waals surface area contributed by atoms with Gasteiger partial charge >= 0.3 is 0 Å². The van der Waals surface area contributed by atoms with Gasteiger partial charge in [-0.2, -0.15) is 4.98 Å². The molecule has 0 spiro atoms. The van der Waals surface area contributed by atoms with E-state index in [1.54, 1.807) is 0 Å². The van der Waals surface area contributed by atoms with Gasteiger partial charge in [-0.05, 0) is 74.4 Å². The quantitative estimate of drug-likeness (QED) is 0.312. The summed E-state index contributed by atoms with van der Waals surface area (Å²) in [5.74, 6) is 3.41. The number of para-hydroxylation sites is 1. The zero-order chi connectivity index (χ0) is 24.5. The average Bonchev–Trinajstić information content (AvgIpc) is 2.88. The van der Waals surface area contributed by atoms with E-state index in [1.165, 1.54) is 31.2 Å². The Labute approximate surface area is 210 Å². The van der Waals surface area contributed by atoms with Crippen molar-refractivity contribution < 1.29 is 4.74 Å². The van der Waals surface area contributed by atoms with E-state index in [2.05, 4.69) is 58.9 Å². The molecule has 0 unspecified atom stereocenters. The fourth-order valence-corrected chi connectivity index (χ4v) is 4.83. The fraction of sp³-hybridized carbons (Fsp3) is 0.517. The Hall–Kier alpha value is -2.86. The summed E-state index contributed by atoms with van der Waals surface area (Å²) < 4.78 is 5.82. The maximum absolute atomic E-state index is 5.82. The van der Waals surface area contributed by atoms with Crippen LogP contribution in [0.4, 0.5) is 11.8 Å². The minimum atomic E-state index is 0.437. The van der Waals surface area contributed by atoms with Gasteiger partial charge in [0.05, 0.1) is 12.1 Å². The van der Waals surface area contributed by atoms with Gasteiger partial charge in [-0.1, -0.05) is 44.0 Å². The Morgan fingerprint density at radius 1 is 0.943 bits per heavy atom. The molecule has 6 nitrogen and oxygen atoms in total. The van der Waals surface area contributed by atoms with Crippen LogP contribution in [0.5, 0.6) is 5.75 Å². The summed E-state index contributed by atoms with van der Waals surface area (Å²) >= 11 is 0. The largest absolute Gasteiger partial charge is 0.494 e. The van der Waals surface area contributed by atoms with E-state index in [0.717, 1.165) is 73.3 Å². The molecule has 2 N–H and O–H groups in total. The van der Waals surface area contributed by atoms with E-state index in [-0.39, 0.29) is 0 Å². The highest BCUT2D eigenvalue weighted by atomic mass is 16.5. The summed E-state index contributed by atoms with van der Waals surface area (Å²) in [4.78, 5) is 11.6. The van der Waals surface area contributed by atoms with E-state index < -0.39 is 0 Å². The lowest BCUT2D eigenvalue weighted by Crippen LogP contribution is -2.31. The number of anilines is 2. The maximum Gasteiger partial charge on any atom is 0.225 e. The van der Waals surface area contributed by atoms with Crippen molar-refractivity contribution >= 4 is 22.7 Å². The van der Waals surface area contributed by atoms with Gasteiger partial charge in [-0.15, -0.1) is 0 Å². The van der Waals surface area contributed by atoms with Gasteiger partial charge in [0.2, 0.25) is 5.95 Å². The second-order valence-corrected chi connectivity index (χ2v) is 9.97. The number of ether oxygens (including phenoxy) is 1. The highest BCUT2D eigenvalue weighted by molar-refractivity contribution is 5.90. The van der Waals surface area contributed by atoms with Crippen LogP contribution in [0, 0.1) is 5.92 Å². The summed E-state index contributed by atoms with van der Waals surface area (Å²) in [7, 11) is 4.07. The highest BCUT2D eigenvalue weighted by Gasteiger charge is 2.22. The van der Waals surface area contributed by atoms with E-state index >= 15 is 0 Å². The van der Waals surface area contributed by atoms with Crippen LogP contribution in [-0.2, 0) is 6.54 Å². The Balaban J connectivity index is 1.19. The van der Waals surface area contributed by atoms with Crippen molar-refractivity contribution in [1.29, 1.82) is 0 Å². The lowest BCUT2D eigenvalue weighted by molar-refractivity contribution is 0.306. The third-order valence-corrected chi connectivity index (χ3v) is 6.89. The van der Waals surface area contributed by atoms with Crippen LogP contribution in [0.2, 0.25) is 0 Å². The minimum Gasteiger partial charge on any atom is -0.494 e. The molecule has 0 saturated heterocycles. The smallest absolute Gasteiger partial charge is 0.225 e. The molecule has 1 heterocycles. The number of aromatic nitrogens is 2. The number of unbranched alkanes of at least 4 members (excludes halogenated alkanes) is 2. The van der Waals surface area contributed by atoms with E-state index in [9.17, 15) is 0 Å². The number of hydrogen-bond donors (Lipinski definition) is 2. The molecule has 35 heavy (non-hydrogen) atoms. The van der Waals surface area contributed by atoms with Crippen LogP contribution >= 0.6 is 0 Å². The SMILES string of the molecule is CCCCCOc1ccc(CNC[C@H]2CC[C@@H](Nc3nc(N(C)C)c4ccccc4n3)CC2)cc1. The molecule has 1 aromatic heterocycles.